The van der Waals surface area contributed by atoms with Crippen LogP contribution in [0.1, 0.15) is 44.3 Å². The maximum Gasteiger partial charge on any atom is 0.216 e. The fraction of sp³-hybridized carbons (Fsp3) is 0.455. The van der Waals surface area contributed by atoms with Crippen molar-refractivity contribution in [3.63, 3.8) is 0 Å². The normalized spacial score (nSPS) is 16.7. The lowest BCUT2D eigenvalue weighted by molar-refractivity contribution is -0.0810. The van der Waals surface area contributed by atoms with Gasteiger partial charge < -0.3 is 20.2 Å². The molecule has 0 aliphatic carbocycles. The monoisotopic (exact) mass is 477 g/mol. The minimum atomic E-state index is -3.75. The van der Waals surface area contributed by atoms with Crippen molar-refractivity contribution in [2.24, 2.45) is 16.8 Å². The van der Waals surface area contributed by atoms with Crippen molar-refractivity contribution < 1.29 is 18.4 Å². The van der Waals surface area contributed by atoms with Gasteiger partial charge in [0.2, 0.25) is 9.84 Å². The minimum Gasteiger partial charge on any atom is -0.434 e. The number of oxime groups is 1. The molecule has 0 atom stereocenters. The number of benzene rings is 1. The summed E-state index contributed by atoms with van der Waals surface area (Å²) in [6.07, 6.45) is 2.13. The van der Waals surface area contributed by atoms with Crippen LogP contribution in [0.3, 0.4) is 0 Å². The van der Waals surface area contributed by atoms with E-state index < -0.39 is 9.84 Å². The Labute approximate surface area is 191 Å². The fourth-order valence-corrected chi connectivity index (χ4v) is 6.67. The largest absolute Gasteiger partial charge is 0.434 e. The molecular formula is C22H29N4O4S2+. The van der Waals surface area contributed by atoms with E-state index in [1.165, 1.54) is 12.1 Å². The quantitative estimate of drug-likeness (QED) is 0.192. The zero-order valence-corrected chi connectivity index (χ0v) is 20.1. The van der Waals surface area contributed by atoms with Crippen LogP contribution in [0.25, 0.3) is 11.0 Å². The lowest BCUT2D eigenvalue weighted by Crippen LogP contribution is -2.26. The molecule has 0 radical (unpaired) electrons. The van der Waals surface area contributed by atoms with E-state index in [0.717, 1.165) is 55.3 Å². The highest BCUT2D eigenvalue weighted by atomic mass is 32.2. The van der Waals surface area contributed by atoms with Crippen molar-refractivity contribution in [1.82, 2.24) is 9.55 Å². The van der Waals surface area contributed by atoms with Gasteiger partial charge in [0.15, 0.2) is 5.84 Å². The molecule has 4 rings (SSSR count). The van der Waals surface area contributed by atoms with Crippen LogP contribution in [0.4, 0.5) is 0 Å². The third-order valence-corrected chi connectivity index (χ3v) is 9.09. The van der Waals surface area contributed by atoms with Crippen molar-refractivity contribution in [1.29, 1.82) is 0 Å². The standard InChI is InChI=1S/C22H28N4O4S2/c1-22(2,3)21-24-16-12-15(32(28,29)19-7-6-18(31-19)20(23)25-27)4-5-17(16)26(21)13-14-8-10-30-11-9-14/h4-7,12,14,27H,8-11,13H2,1-3H3,(H2,23,25)/p+1. The van der Waals surface area contributed by atoms with E-state index in [-0.39, 0.29) is 20.4 Å². The predicted octanol–water partition coefficient (Wildman–Crippen LogP) is 3.26. The topological polar surface area (TPSA) is 123 Å². The van der Waals surface area contributed by atoms with Crippen molar-refractivity contribution in [3.05, 3.63) is 41.0 Å². The summed E-state index contributed by atoms with van der Waals surface area (Å²) in [4.78, 5) is 5.44. The van der Waals surface area contributed by atoms with E-state index in [1.807, 2.05) is 6.07 Å². The second kappa shape index (κ2) is 8.49. The molecule has 0 unspecified atom stereocenters. The lowest BCUT2D eigenvalue weighted by atomic mass is 9.94. The van der Waals surface area contributed by atoms with E-state index >= 15 is 0 Å². The molecule has 0 amide bonds. The van der Waals surface area contributed by atoms with E-state index in [9.17, 15) is 8.42 Å². The zero-order chi connectivity index (χ0) is 23.1. The Morgan fingerprint density at radius 2 is 2.00 bits per heavy atom. The number of fused-ring (bicyclic) bond motifs is 1. The number of aromatic nitrogens is 2. The molecule has 4 N–H and O–H groups in total. The van der Waals surface area contributed by atoms with E-state index in [2.05, 4.69) is 35.2 Å². The molecule has 1 fully saturated rings. The summed E-state index contributed by atoms with van der Waals surface area (Å²) in [7, 11) is -3.75. The summed E-state index contributed by atoms with van der Waals surface area (Å²) in [5.74, 6) is 1.38. The summed E-state index contributed by atoms with van der Waals surface area (Å²) in [5.41, 5.74) is 7.03. The van der Waals surface area contributed by atoms with Gasteiger partial charge in [-0.05, 0) is 36.2 Å². The Morgan fingerprint density at radius 1 is 1.28 bits per heavy atom. The number of imidazole rings is 1. The molecule has 0 spiro atoms. The van der Waals surface area contributed by atoms with Gasteiger partial charge in [0.05, 0.1) is 20.8 Å². The number of amidine groups is 1. The molecule has 32 heavy (non-hydrogen) atoms. The minimum absolute atomic E-state index is 0.115. The summed E-state index contributed by atoms with van der Waals surface area (Å²) < 4.78 is 33.3. The average molecular weight is 478 g/mol. The number of aliphatic hydroxyl groups is 2. The zero-order valence-electron chi connectivity index (χ0n) is 18.4. The highest BCUT2D eigenvalue weighted by Gasteiger charge is 2.28. The Bertz CT molecular complexity index is 1260. The Balaban J connectivity index is 1.76. The molecule has 2 aromatic heterocycles. The van der Waals surface area contributed by atoms with Crippen molar-refractivity contribution >= 4 is 38.0 Å². The van der Waals surface area contributed by atoms with Crippen LogP contribution >= 0.6 is 11.3 Å². The molecule has 0 saturated carbocycles. The van der Waals surface area contributed by atoms with Gasteiger partial charge in [0.25, 0.3) is 0 Å². The van der Waals surface area contributed by atoms with Crippen LogP contribution in [0.15, 0.2) is 44.6 Å². The van der Waals surface area contributed by atoms with E-state index in [1.54, 1.807) is 12.1 Å². The van der Waals surface area contributed by atoms with Gasteiger partial charge in [-0.1, -0.05) is 25.9 Å². The lowest BCUT2D eigenvalue weighted by Gasteiger charge is -2.25. The molecule has 1 saturated heterocycles. The van der Waals surface area contributed by atoms with Crippen LogP contribution in [0, 0.1) is 5.92 Å². The maximum atomic E-state index is 13.2. The molecule has 3 heterocycles. The Hall–Kier alpha value is -2.43. The van der Waals surface area contributed by atoms with Gasteiger partial charge in [0, 0.05) is 24.8 Å². The Morgan fingerprint density at radius 3 is 2.66 bits per heavy atom. The second-order valence-electron chi connectivity index (χ2n) is 9.17. The van der Waals surface area contributed by atoms with Crippen LogP contribution in [0.5, 0.6) is 0 Å². The average Bonchev–Trinajstić information content (AvgIpc) is 3.39. The van der Waals surface area contributed by atoms with Crippen molar-refractivity contribution in [2.45, 2.75) is 54.7 Å². The maximum absolute atomic E-state index is 13.2. The molecule has 8 nitrogen and oxygen atoms in total. The number of thiophene rings is 1. The highest BCUT2D eigenvalue weighted by molar-refractivity contribution is 7.93. The summed E-state index contributed by atoms with van der Waals surface area (Å²) in [6.45, 7) is 9.03. The van der Waals surface area contributed by atoms with Crippen LogP contribution in [0.2, 0.25) is 0 Å². The van der Waals surface area contributed by atoms with Crippen molar-refractivity contribution in [3.8, 4) is 0 Å². The SMILES string of the molecule is CC(C)(C)c1nc2cc(S(=O)(=O)c3ccc(/C(N)=N/O)s3)ccc2n1CC1CC[OH+]CC1. The molecule has 1 aliphatic rings. The summed E-state index contributed by atoms with van der Waals surface area (Å²) in [5, 5.41) is 11.8. The molecule has 172 valence electrons. The van der Waals surface area contributed by atoms with Crippen molar-refractivity contribution in [2.75, 3.05) is 13.2 Å². The number of nitrogens with two attached hydrogens (primary N) is 1. The third kappa shape index (κ3) is 4.26. The molecular weight excluding hydrogens is 448 g/mol. The number of ether oxygens (including phenoxy) is 1. The smallest absolute Gasteiger partial charge is 0.216 e. The highest BCUT2D eigenvalue weighted by Crippen LogP contribution is 2.33. The fourth-order valence-electron chi connectivity index (χ4n) is 4.05. The van der Waals surface area contributed by atoms with Gasteiger partial charge in [-0.15, -0.1) is 11.3 Å². The molecule has 0 bridgehead atoms. The van der Waals surface area contributed by atoms with Crippen LogP contribution in [-0.4, -0.2) is 47.0 Å². The van der Waals surface area contributed by atoms with E-state index in [0.29, 0.717) is 16.3 Å². The molecule has 1 aliphatic heterocycles. The second-order valence-corrected chi connectivity index (χ2v) is 12.4. The van der Waals surface area contributed by atoms with Crippen LogP contribution < -0.4 is 5.73 Å². The molecule has 1 aromatic carbocycles. The number of hydrogen-bond donors (Lipinski definition) is 2. The van der Waals surface area contributed by atoms with Gasteiger partial charge in [0.1, 0.15) is 23.2 Å². The first kappa shape index (κ1) is 22.8. The number of nitrogens with zero attached hydrogens (tertiary/aromatic N) is 3. The first-order valence-electron chi connectivity index (χ1n) is 10.6. The van der Waals surface area contributed by atoms with E-state index in [4.69, 9.17) is 15.9 Å². The molecule has 10 heteroatoms. The third-order valence-electron chi connectivity index (χ3n) is 5.74. The van der Waals surface area contributed by atoms with Gasteiger partial charge in [-0.2, -0.15) is 0 Å². The summed E-state index contributed by atoms with van der Waals surface area (Å²) in [6, 6.07) is 8.16. The predicted molar refractivity (Wildman–Crippen MR) is 125 cm³/mol. The first-order chi connectivity index (χ1) is 15.1. The van der Waals surface area contributed by atoms with Gasteiger partial charge in [-0.25, -0.2) is 13.4 Å². The number of hydrogen-bond acceptors (Lipinski definition) is 6. The summed E-state index contributed by atoms with van der Waals surface area (Å²) >= 11 is 0.970. The van der Waals surface area contributed by atoms with Crippen LogP contribution in [-0.2, 0) is 21.8 Å². The number of sulfone groups is 1. The first-order valence-corrected chi connectivity index (χ1v) is 12.9. The number of rotatable bonds is 5. The van der Waals surface area contributed by atoms with Gasteiger partial charge in [-0.3, -0.25) is 0 Å². The molecule has 3 aromatic rings. The Kier molecular flexibility index (Phi) is 6.04. The van der Waals surface area contributed by atoms with Gasteiger partial charge >= 0.3 is 0 Å².